The Labute approximate surface area is 144 Å². The van der Waals surface area contributed by atoms with Crippen LogP contribution in [0, 0.1) is 5.41 Å². The van der Waals surface area contributed by atoms with E-state index in [1.165, 1.54) is 0 Å². The maximum absolute atomic E-state index is 12.4. The third kappa shape index (κ3) is 3.80. The highest BCUT2D eigenvalue weighted by atomic mass is 35.5. The maximum Gasteiger partial charge on any atom is 0.240 e. The summed E-state index contributed by atoms with van der Waals surface area (Å²) in [4.78, 5) is 25.8. The van der Waals surface area contributed by atoms with Crippen molar-refractivity contribution in [2.45, 2.75) is 58.1 Å². The lowest BCUT2D eigenvalue weighted by atomic mass is 9.54. The van der Waals surface area contributed by atoms with E-state index in [0.29, 0.717) is 32.5 Å². The van der Waals surface area contributed by atoms with Crippen molar-refractivity contribution in [2.75, 3.05) is 26.2 Å². The third-order valence-corrected chi connectivity index (χ3v) is 5.30. The van der Waals surface area contributed by atoms with Gasteiger partial charge in [0.25, 0.3) is 0 Å². The number of ether oxygens (including phenoxy) is 1. The number of nitrogens with one attached hydrogen (secondary N) is 1. The van der Waals surface area contributed by atoms with Gasteiger partial charge in [-0.1, -0.05) is 13.8 Å². The summed E-state index contributed by atoms with van der Waals surface area (Å²) in [6.07, 6.45) is 2.97. The summed E-state index contributed by atoms with van der Waals surface area (Å²) in [5, 5.41) is 2.92. The lowest BCUT2D eigenvalue weighted by Gasteiger charge is -2.57. The van der Waals surface area contributed by atoms with Crippen molar-refractivity contribution < 1.29 is 14.3 Å². The minimum absolute atomic E-state index is 0. The fourth-order valence-electron chi connectivity index (χ4n) is 3.39. The summed E-state index contributed by atoms with van der Waals surface area (Å²) in [6, 6.07) is 0. The molecule has 6 nitrogen and oxygen atoms in total. The highest BCUT2D eigenvalue weighted by Crippen LogP contribution is 2.49. The van der Waals surface area contributed by atoms with Crippen LogP contribution in [0.3, 0.4) is 0 Å². The zero-order chi connectivity index (χ0) is 16.4. The molecule has 1 aliphatic carbocycles. The van der Waals surface area contributed by atoms with E-state index in [1.54, 1.807) is 0 Å². The van der Waals surface area contributed by atoms with Crippen molar-refractivity contribution in [1.29, 1.82) is 0 Å². The lowest BCUT2D eigenvalue weighted by molar-refractivity contribution is -0.170. The van der Waals surface area contributed by atoms with Crippen LogP contribution in [0.2, 0.25) is 0 Å². The van der Waals surface area contributed by atoms with Gasteiger partial charge in [-0.3, -0.25) is 9.59 Å². The smallest absolute Gasteiger partial charge is 0.240 e. The van der Waals surface area contributed by atoms with Gasteiger partial charge < -0.3 is 20.7 Å². The monoisotopic (exact) mass is 347 g/mol. The molecular formula is C16H30ClN3O3. The van der Waals surface area contributed by atoms with Crippen LogP contribution < -0.4 is 11.1 Å². The van der Waals surface area contributed by atoms with E-state index in [4.69, 9.17) is 10.5 Å². The number of likely N-dealkylation sites (tertiary alicyclic amines) is 1. The molecule has 0 aromatic rings. The summed E-state index contributed by atoms with van der Waals surface area (Å²) in [5.41, 5.74) is 5.09. The largest absolute Gasteiger partial charge is 0.378 e. The molecule has 23 heavy (non-hydrogen) atoms. The first-order valence-electron chi connectivity index (χ1n) is 8.29. The topological polar surface area (TPSA) is 84.7 Å². The number of nitrogens with zero attached hydrogens (tertiary/aromatic N) is 1. The number of carbonyl (C=O) groups is 2. The van der Waals surface area contributed by atoms with Crippen LogP contribution in [0.4, 0.5) is 0 Å². The quantitative estimate of drug-likeness (QED) is 0.675. The van der Waals surface area contributed by atoms with Crippen LogP contribution in [-0.2, 0) is 14.3 Å². The first-order valence-corrected chi connectivity index (χ1v) is 8.29. The van der Waals surface area contributed by atoms with Crippen molar-refractivity contribution >= 4 is 24.2 Å². The predicted molar refractivity (Wildman–Crippen MR) is 91.4 cm³/mol. The molecule has 2 fully saturated rings. The molecule has 1 saturated heterocycles. The van der Waals surface area contributed by atoms with E-state index >= 15 is 0 Å². The number of rotatable bonds is 7. The molecule has 2 rings (SSSR count). The van der Waals surface area contributed by atoms with Gasteiger partial charge in [0.1, 0.15) is 5.54 Å². The molecule has 0 bridgehead atoms. The standard InChI is InChI=1S/C16H29N3O3.ClH/c1-4-22-12-11-16(17,15(12,2)3)14(21)18-8-6-10-19-9-5-7-13(19)20;/h12H,4-11,17H2,1-3H3,(H,18,21);1H. The summed E-state index contributed by atoms with van der Waals surface area (Å²) in [5.74, 6) is 0.113. The molecule has 2 amide bonds. The molecular weight excluding hydrogens is 318 g/mol. The van der Waals surface area contributed by atoms with Crippen molar-refractivity contribution in [3.63, 3.8) is 0 Å². The van der Waals surface area contributed by atoms with Gasteiger partial charge in [0.15, 0.2) is 0 Å². The summed E-state index contributed by atoms with van der Waals surface area (Å²) >= 11 is 0. The molecule has 0 aromatic carbocycles. The third-order valence-electron chi connectivity index (χ3n) is 5.30. The van der Waals surface area contributed by atoms with Gasteiger partial charge in [-0.2, -0.15) is 0 Å². The number of carbonyl (C=O) groups excluding carboxylic acids is 2. The zero-order valence-electron chi connectivity index (χ0n) is 14.4. The Morgan fingerprint density at radius 1 is 1.48 bits per heavy atom. The fourth-order valence-corrected chi connectivity index (χ4v) is 3.39. The number of halogens is 1. The molecule has 1 saturated carbocycles. The van der Waals surface area contributed by atoms with Crippen LogP contribution in [-0.4, -0.2) is 54.6 Å². The van der Waals surface area contributed by atoms with Crippen molar-refractivity contribution in [1.82, 2.24) is 10.2 Å². The van der Waals surface area contributed by atoms with E-state index in [-0.39, 0.29) is 35.7 Å². The predicted octanol–water partition coefficient (Wildman–Crippen LogP) is 1.07. The highest BCUT2D eigenvalue weighted by molar-refractivity contribution is 5.88. The second-order valence-corrected chi connectivity index (χ2v) is 6.93. The number of nitrogens with two attached hydrogens (primary N) is 1. The number of hydrogen-bond acceptors (Lipinski definition) is 4. The zero-order valence-corrected chi connectivity index (χ0v) is 15.2. The average Bonchev–Trinajstić information content (AvgIpc) is 2.88. The van der Waals surface area contributed by atoms with Crippen molar-refractivity contribution in [3.8, 4) is 0 Å². The Morgan fingerprint density at radius 2 is 2.17 bits per heavy atom. The SMILES string of the molecule is CCOC1CC(N)(C(=O)NCCCN2CCCC2=O)C1(C)C.Cl. The van der Waals surface area contributed by atoms with E-state index in [2.05, 4.69) is 5.32 Å². The second-order valence-electron chi connectivity index (χ2n) is 6.93. The molecule has 0 spiro atoms. The Balaban J connectivity index is 0.00000264. The molecule has 7 heteroatoms. The van der Waals surface area contributed by atoms with Gasteiger partial charge in [0, 0.05) is 44.5 Å². The van der Waals surface area contributed by atoms with Crippen LogP contribution in [0.1, 0.15) is 46.5 Å². The Bertz CT molecular complexity index is 444. The van der Waals surface area contributed by atoms with E-state index in [9.17, 15) is 9.59 Å². The van der Waals surface area contributed by atoms with Gasteiger partial charge >= 0.3 is 0 Å². The van der Waals surface area contributed by atoms with Gasteiger partial charge in [-0.15, -0.1) is 12.4 Å². The summed E-state index contributed by atoms with van der Waals surface area (Å²) < 4.78 is 5.64. The number of hydrogen-bond donors (Lipinski definition) is 2. The second kappa shape index (κ2) is 7.81. The molecule has 2 unspecified atom stereocenters. The highest BCUT2D eigenvalue weighted by Gasteiger charge is 2.62. The Morgan fingerprint density at radius 3 is 2.70 bits per heavy atom. The van der Waals surface area contributed by atoms with Crippen LogP contribution in [0.25, 0.3) is 0 Å². The first kappa shape index (κ1) is 20.2. The molecule has 1 aliphatic heterocycles. The van der Waals surface area contributed by atoms with Crippen LogP contribution >= 0.6 is 12.4 Å². The molecule has 2 atom stereocenters. The van der Waals surface area contributed by atoms with Crippen molar-refractivity contribution in [2.24, 2.45) is 11.1 Å². The maximum atomic E-state index is 12.4. The molecule has 134 valence electrons. The lowest BCUT2D eigenvalue weighted by Crippen LogP contribution is -2.75. The normalized spacial score (nSPS) is 29.0. The van der Waals surface area contributed by atoms with Gasteiger partial charge in [-0.05, 0) is 19.8 Å². The van der Waals surface area contributed by atoms with Crippen LogP contribution in [0.5, 0.6) is 0 Å². The summed E-state index contributed by atoms with van der Waals surface area (Å²) in [7, 11) is 0. The fraction of sp³-hybridized carbons (Fsp3) is 0.875. The van der Waals surface area contributed by atoms with Gasteiger partial charge in [0.05, 0.1) is 6.10 Å². The minimum atomic E-state index is -0.865. The molecule has 0 radical (unpaired) electrons. The van der Waals surface area contributed by atoms with Crippen LogP contribution in [0.15, 0.2) is 0 Å². The van der Waals surface area contributed by atoms with E-state index < -0.39 is 5.54 Å². The first-order chi connectivity index (χ1) is 10.3. The molecule has 1 heterocycles. The molecule has 3 N–H and O–H groups in total. The summed E-state index contributed by atoms with van der Waals surface area (Å²) in [6.45, 7) is 8.66. The Kier molecular flexibility index (Phi) is 6.86. The van der Waals surface area contributed by atoms with Crippen molar-refractivity contribution in [3.05, 3.63) is 0 Å². The minimum Gasteiger partial charge on any atom is -0.378 e. The van der Waals surface area contributed by atoms with E-state index in [0.717, 1.165) is 19.4 Å². The molecule has 0 aromatic heterocycles. The van der Waals surface area contributed by atoms with E-state index in [1.807, 2.05) is 25.7 Å². The Hall–Kier alpha value is -0.850. The average molecular weight is 348 g/mol. The molecule has 2 aliphatic rings. The van der Waals surface area contributed by atoms with Gasteiger partial charge in [0.2, 0.25) is 11.8 Å². The van der Waals surface area contributed by atoms with Gasteiger partial charge in [-0.25, -0.2) is 0 Å². The number of amides is 2.